The maximum atomic E-state index is 13.4. The number of nitrogens with zero attached hydrogens (tertiary/aromatic N) is 1. The Kier molecular flexibility index (Phi) is 4.97. The van der Waals surface area contributed by atoms with E-state index in [1.54, 1.807) is 11.9 Å². The number of nitrogens with one attached hydrogen (secondary N) is 2. The predicted molar refractivity (Wildman–Crippen MR) is 117 cm³/mol. The van der Waals surface area contributed by atoms with Crippen LogP contribution in [0.1, 0.15) is 30.6 Å². The minimum absolute atomic E-state index is 0.118. The van der Waals surface area contributed by atoms with Gasteiger partial charge < -0.3 is 29.4 Å². The van der Waals surface area contributed by atoms with Crippen molar-refractivity contribution < 1.29 is 23.8 Å². The lowest BCUT2D eigenvalue weighted by Crippen LogP contribution is -2.57. The van der Waals surface area contributed by atoms with E-state index < -0.39 is 23.5 Å². The number of H-pyrrole nitrogens is 1. The molecule has 8 heteroatoms. The number of amides is 1. The Balaban J connectivity index is 1.72. The molecule has 1 aromatic heterocycles. The van der Waals surface area contributed by atoms with Crippen molar-refractivity contribution in [1.29, 1.82) is 0 Å². The Labute approximate surface area is 186 Å². The van der Waals surface area contributed by atoms with Crippen molar-refractivity contribution in [3.05, 3.63) is 59.2 Å². The van der Waals surface area contributed by atoms with Gasteiger partial charge in [-0.2, -0.15) is 0 Å². The Morgan fingerprint density at radius 1 is 1.28 bits per heavy atom. The SMILES string of the molecule is CNCC(=O)N1[C@H](C(=O)OC)Cc2c([nH]c3ccccc23)[C@@H]1C1(C)C=C2OCOC2=CC1. The Morgan fingerprint density at radius 3 is 2.84 bits per heavy atom. The Hall–Kier alpha value is -3.26. The normalized spacial score (nSPS) is 26.4. The molecule has 1 saturated heterocycles. The van der Waals surface area contributed by atoms with Gasteiger partial charge in [-0.25, -0.2) is 4.79 Å². The molecule has 0 bridgehead atoms. The van der Waals surface area contributed by atoms with Crippen LogP contribution in [0.5, 0.6) is 0 Å². The zero-order chi connectivity index (χ0) is 22.5. The van der Waals surface area contributed by atoms with Crippen LogP contribution in [0.4, 0.5) is 0 Å². The molecule has 0 saturated carbocycles. The molecule has 0 spiro atoms. The summed E-state index contributed by atoms with van der Waals surface area (Å²) in [4.78, 5) is 31.6. The summed E-state index contributed by atoms with van der Waals surface area (Å²) in [6.07, 6.45) is 5.07. The number of hydrogen-bond acceptors (Lipinski definition) is 6. The lowest BCUT2D eigenvalue weighted by Gasteiger charge is -2.48. The van der Waals surface area contributed by atoms with Crippen LogP contribution >= 0.6 is 0 Å². The smallest absolute Gasteiger partial charge is 0.328 e. The van der Waals surface area contributed by atoms with Gasteiger partial charge in [0.2, 0.25) is 12.7 Å². The highest BCUT2D eigenvalue weighted by atomic mass is 16.7. The standard InChI is InChI=1S/C24H27N3O5/c1-24(9-8-18-19(11-24)32-13-31-18)22-21-15(14-6-4-5-7-16(14)26-21)10-17(23(29)30-3)27(22)20(28)12-25-2/h4-8,11,17,22,25-26H,9-10,12-13H2,1-3H3/t17-,22+,24?/m0/s1. The molecule has 8 nitrogen and oxygen atoms in total. The van der Waals surface area contributed by atoms with Crippen molar-refractivity contribution in [2.75, 3.05) is 27.5 Å². The van der Waals surface area contributed by atoms with Crippen molar-refractivity contribution in [3.63, 3.8) is 0 Å². The third kappa shape index (κ3) is 3.09. The molecule has 5 rings (SSSR count). The maximum absolute atomic E-state index is 13.4. The topological polar surface area (TPSA) is 92.9 Å². The van der Waals surface area contributed by atoms with Crippen LogP contribution in [0, 0.1) is 5.41 Å². The van der Waals surface area contributed by atoms with Crippen LogP contribution in [-0.2, 0) is 30.2 Å². The van der Waals surface area contributed by atoms with Gasteiger partial charge in [-0.3, -0.25) is 4.79 Å². The summed E-state index contributed by atoms with van der Waals surface area (Å²) in [5, 5.41) is 4.00. The first-order chi connectivity index (χ1) is 15.5. The van der Waals surface area contributed by atoms with Gasteiger partial charge in [-0.15, -0.1) is 0 Å². The number of para-hydroxylation sites is 1. The zero-order valence-electron chi connectivity index (χ0n) is 18.4. The number of esters is 1. The molecular formula is C24H27N3O5. The first kappa shape index (κ1) is 20.6. The fourth-order valence-corrected chi connectivity index (χ4v) is 5.26. The van der Waals surface area contributed by atoms with Gasteiger partial charge in [-0.05, 0) is 37.3 Å². The molecule has 2 N–H and O–H groups in total. The third-order valence-corrected chi connectivity index (χ3v) is 6.71. The molecule has 1 aromatic carbocycles. The lowest BCUT2D eigenvalue weighted by molar-refractivity contribution is -0.157. The van der Waals surface area contributed by atoms with Gasteiger partial charge in [0.15, 0.2) is 11.5 Å². The number of aromatic amines is 1. The van der Waals surface area contributed by atoms with Crippen molar-refractivity contribution in [2.45, 2.75) is 31.8 Å². The maximum Gasteiger partial charge on any atom is 0.328 e. The fraction of sp³-hybridized carbons (Fsp3) is 0.417. The van der Waals surface area contributed by atoms with Crippen LogP contribution < -0.4 is 5.32 Å². The molecule has 3 aliphatic rings. The van der Waals surface area contributed by atoms with E-state index in [0.717, 1.165) is 27.9 Å². The Bertz CT molecular complexity index is 1150. The number of carbonyl (C=O) groups is 2. The van der Waals surface area contributed by atoms with E-state index in [4.69, 9.17) is 14.2 Å². The number of allylic oxidation sites excluding steroid dienone is 1. The summed E-state index contributed by atoms with van der Waals surface area (Å²) in [5.41, 5.74) is 2.45. The zero-order valence-corrected chi connectivity index (χ0v) is 18.4. The minimum atomic E-state index is -0.723. The van der Waals surface area contributed by atoms with E-state index in [1.165, 1.54) is 7.11 Å². The monoisotopic (exact) mass is 437 g/mol. The second kappa shape index (κ2) is 7.70. The van der Waals surface area contributed by atoms with Crippen molar-refractivity contribution in [3.8, 4) is 0 Å². The highest BCUT2D eigenvalue weighted by Crippen LogP contribution is 2.52. The molecule has 32 heavy (non-hydrogen) atoms. The molecule has 168 valence electrons. The average Bonchev–Trinajstić information content (AvgIpc) is 3.40. The number of hydrogen-bond donors (Lipinski definition) is 2. The molecule has 1 aliphatic carbocycles. The summed E-state index contributed by atoms with van der Waals surface area (Å²) >= 11 is 0. The minimum Gasteiger partial charge on any atom is -0.467 e. The lowest BCUT2D eigenvalue weighted by atomic mass is 9.71. The van der Waals surface area contributed by atoms with E-state index in [-0.39, 0.29) is 19.2 Å². The highest BCUT2D eigenvalue weighted by molar-refractivity contribution is 5.91. The first-order valence-electron chi connectivity index (χ1n) is 10.8. The number of fused-ring (bicyclic) bond motifs is 4. The second-order valence-corrected chi connectivity index (χ2v) is 8.73. The summed E-state index contributed by atoms with van der Waals surface area (Å²) < 4.78 is 16.4. The summed E-state index contributed by atoms with van der Waals surface area (Å²) in [6, 6.07) is 6.89. The number of aromatic nitrogens is 1. The van der Waals surface area contributed by atoms with E-state index in [0.29, 0.717) is 18.6 Å². The first-order valence-corrected chi connectivity index (χ1v) is 10.8. The predicted octanol–water partition coefficient (Wildman–Crippen LogP) is 2.54. The van der Waals surface area contributed by atoms with Gasteiger partial charge in [0.1, 0.15) is 6.04 Å². The molecule has 0 radical (unpaired) electrons. The van der Waals surface area contributed by atoms with Gasteiger partial charge in [0, 0.05) is 28.4 Å². The number of carbonyl (C=O) groups excluding carboxylic acids is 2. The average molecular weight is 437 g/mol. The van der Waals surface area contributed by atoms with Gasteiger partial charge in [-0.1, -0.05) is 25.1 Å². The van der Waals surface area contributed by atoms with Crippen molar-refractivity contribution >= 4 is 22.8 Å². The number of methoxy groups -OCH3 is 1. The van der Waals surface area contributed by atoms with Gasteiger partial charge >= 0.3 is 5.97 Å². The number of likely N-dealkylation sites (N-methyl/N-ethyl adjacent to an activating group) is 1. The van der Waals surface area contributed by atoms with Crippen LogP contribution in [0.3, 0.4) is 0 Å². The largest absolute Gasteiger partial charge is 0.467 e. The number of ether oxygens (including phenoxy) is 3. The van der Waals surface area contributed by atoms with E-state index in [9.17, 15) is 9.59 Å². The number of rotatable bonds is 4. The van der Waals surface area contributed by atoms with Crippen LogP contribution in [0.25, 0.3) is 10.9 Å². The van der Waals surface area contributed by atoms with Crippen molar-refractivity contribution in [1.82, 2.24) is 15.2 Å². The summed E-state index contributed by atoms with van der Waals surface area (Å²) in [7, 11) is 3.09. The van der Waals surface area contributed by atoms with Crippen LogP contribution in [0.15, 0.2) is 47.9 Å². The quantitative estimate of drug-likeness (QED) is 0.714. The summed E-state index contributed by atoms with van der Waals surface area (Å²) in [5.74, 6) is 0.833. The molecule has 3 heterocycles. The molecule has 1 fully saturated rings. The highest BCUT2D eigenvalue weighted by Gasteiger charge is 2.51. The molecule has 1 amide bonds. The van der Waals surface area contributed by atoms with E-state index in [2.05, 4.69) is 23.3 Å². The van der Waals surface area contributed by atoms with E-state index in [1.807, 2.05) is 30.4 Å². The summed E-state index contributed by atoms with van der Waals surface area (Å²) in [6.45, 7) is 2.39. The molecule has 2 aliphatic heterocycles. The van der Waals surface area contributed by atoms with Crippen molar-refractivity contribution in [2.24, 2.45) is 5.41 Å². The Morgan fingerprint density at radius 2 is 2.06 bits per heavy atom. The molecule has 2 aromatic rings. The molecular weight excluding hydrogens is 410 g/mol. The van der Waals surface area contributed by atoms with Crippen LogP contribution in [-0.4, -0.2) is 55.3 Å². The molecule has 3 atom stereocenters. The third-order valence-electron chi connectivity index (χ3n) is 6.71. The fourth-order valence-electron chi connectivity index (χ4n) is 5.26. The van der Waals surface area contributed by atoms with Crippen LogP contribution in [0.2, 0.25) is 0 Å². The van der Waals surface area contributed by atoms with Gasteiger partial charge in [0.25, 0.3) is 0 Å². The number of benzene rings is 1. The van der Waals surface area contributed by atoms with Gasteiger partial charge in [0.05, 0.1) is 19.7 Å². The van der Waals surface area contributed by atoms with E-state index >= 15 is 0 Å². The molecule has 1 unspecified atom stereocenters. The second-order valence-electron chi connectivity index (χ2n) is 8.73.